The van der Waals surface area contributed by atoms with E-state index in [9.17, 15) is 0 Å². The van der Waals surface area contributed by atoms with Gasteiger partial charge in [-0.15, -0.1) is 0 Å². The summed E-state index contributed by atoms with van der Waals surface area (Å²) >= 11 is 0. The van der Waals surface area contributed by atoms with E-state index in [-0.39, 0.29) is 0 Å². The monoisotopic (exact) mass is 472 g/mol. The molecule has 3 aromatic heterocycles. The molecule has 0 spiro atoms. The zero-order chi connectivity index (χ0) is 24.9. The molecule has 4 rings (SSSR count). The number of rotatable bonds is 10. The molecule has 184 valence electrons. The first-order valence-electron chi connectivity index (χ1n) is 12.6. The summed E-state index contributed by atoms with van der Waals surface area (Å²) in [5, 5.41) is 9.20. The summed E-state index contributed by atoms with van der Waals surface area (Å²) in [5.41, 5.74) is 5.95. The van der Waals surface area contributed by atoms with Crippen molar-refractivity contribution >= 4 is 5.69 Å². The van der Waals surface area contributed by atoms with E-state index in [0.717, 1.165) is 41.4 Å². The topological polar surface area (TPSA) is 77.5 Å². The summed E-state index contributed by atoms with van der Waals surface area (Å²) in [7, 11) is 0. The Labute approximate surface area is 208 Å². The lowest BCUT2D eigenvalue weighted by molar-refractivity contribution is 0.678. The van der Waals surface area contributed by atoms with Gasteiger partial charge < -0.3 is 4.90 Å². The molecule has 0 saturated heterocycles. The molecule has 8 nitrogen and oxygen atoms in total. The van der Waals surface area contributed by atoms with Gasteiger partial charge in [0.15, 0.2) is 5.82 Å². The number of aryl methyl sites for hydroxylation is 4. The highest BCUT2D eigenvalue weighted by Crippen LogP contribution is 2.23. The van der Waals surface area contributed by atoms with Crippen LogP contribution >= 0.6 is 0 Å². The summed E-state index contributed by atoms with van der Waals surface area (Å²) in [6.07, 6.45) is 4.76. The number of hydrogen-bond donors (Lipinski definition) is 0. The van der Waals surface area contributed by atoms with Crippen molar-refractivity contribution in [2.45, 2.75) is 67.2 Å². The third-order valence-corrected chi connectivity index (χ3v) is 6.06. The zero-order valence-corrected chi connectivity index (χ0v) is 21.8. The standard InChI is InChI=1S/C27H36N8/c1-7-9-15-33(16-10-8-2)24-13-11-23(12-14-24)25-28-26(34-21(5)17-19(3)31-34)30-27(29-25)35-22(6)18-20(4)32-35/h11-14,17-18H,7-10,15-16H2,1-6H3. The fraction of sp³-hybridized carbons (Fsp3) is 0.444. The van der Waals surface area contributed by atoms with Crippen LogP contribution in [-0.4, -0.2) is 47.6 Å². The van der Waals surface area contributed by atoms with E-state index in [0.29, 0.717) is 17.7 Å². The molecule has 4 aromatic rings. The van der Waals surface area contributed by atoms with Gasteiger partial charge in [0.1, 0.15) is 0 Å². The van der Waals surface area contributed by atoms with Crippen molar-refractivity contribution in [1.29, 1.82) is 0 Å². The van der Waals surface area contributed by atoms with Crippen molar-refractivity contribution in [3.05, 3.63) is 59.2 Å². The molecule has 0 aliphatic carbocycles. The highest BCUT2D eigenvalue weighted by Gasteiger charge is 2.16. The summed E-state index contributed by atoms with van der Waals surface area (Å²) in [5.74, 6) is 1.57. The Bertz CT molecular complexity index is 1200. The molecule has 0 amide bonds. The summed E-state index contributed by atoms with van der Waals surface area (Å²) < 4.78 is 3.53. The molecular formula is C27H36N8. The van der Waals surface area contributed by atoms with Crippen molar-refractivity contribution in [3.63, 3.8) is 0 Å². The third kappa shape index (κ3) is 5.58. The second-order valence-electron chi connectivity index (χ2n) is 9.18. The van der Waals surface area contributed by atoms with Crippen molar-refractivity contribution in [1.82, 2.24) is 34.5 Å². The number of aromatic nitrogens is 7. The van der Waals surface area contributed by atoms with E-state index in [1.165, 1.54) is 31.4 Å². The summed E-state index contributed by atoms with van der Waals surface area (Å²) in [4.78, 5) is 16.8. The first-order valence-corrected chi connectivity index (χ1v) is 12.6. The van der Waals surface area contributed by atoms with Gasteiger partial charge in [-0.1, -0.05) is 26.7 Å². The molecule has 35 heavy (non-hydrogen) atoms. The number of benzene rings is 1. The van der Waals surface area contributed by atoms with Gasteiger partial charge in [0.2, 0.25) is 0 Å². The minimum Gasteiger partial charge on any atom is -0.372 e. The first kappa shape index (κ1) is 24.6. The highest BCUT2D eigenvalue weighted by atomic mass is 15.4. The van der Waals surface area contributed by atoms with Gasteiger partial charge >= 0.3 is 0 Å². The van der Waals surface area contributed by atoms with Gasteiger partial charge in [-0.05, 0) is 76.9 Å². The minimum absolute atomic E-state index is 0.486. The lowest BCUT2D eigenvalue weighted by Gasteiger charge is -2.24. The molecule has 0 bridgehead atoms. The Hall–Kier alpha value is -3.55. The van der Waals surface area contributed by atoms with Crippen LogP contribution in [0.15, 0.2) is 36.4 Å². The molecule has 0 atom stereocenters. The predicted molar refractivity (Wildman–Crippen MR) is 140 cm³/mol. The molecule has 1 aromatic carbocycles. The largest absolute Gasteiger partial charge is 0.372 e. The van der Waals surface area contributed by atoms with Crippen molar-refractivity contribution < 1.29 is 0 Å². The van der Waals surface area contributed by atoms with E-state index in [1.807, 2.05) is 39.8 Å². The number of unbranched alkanes of at least 4 members (excludes halogenated alkanes) is 2. The summed E-state index contributed by atoms with van der Waals surface area (Å²) in [6.45, 7) is 14.6. The number of nitrogens with zero attached hydrogens (tertiary/aromatic N) is 8. The molecule has 0 N–H and O–H groups in total. The Morgan fingerprint density at radius 1 is 0.686 bits per heavy atom. The molecule has 0 fully saturated rings. The zero-order valence-electron chi connectivity index (χ0n) is 21.8. The van der Waals surface area contributed by atoms with E-state index < -0.39 is 0 Å². The fourth-order valence-corrected chi connectivity index (χ4v) is 4.22. The second kappa shape index (κ2) is 10.8. The predicted octanol–water partition coefficient (Wildman–Crippen LogP) is 5.55. The van der Waals surface area contributed by atoms with Crippen LogP contribution in [0.3, 0.4) is 0 Å². The van der Waals surface area contributed by atoms with Crippen LogP contribution in [-0.2, 0) is 0 Å². The molecule has 0 saturated carbocycles. The summed E-state index contributed by atoms with van der Waals surface area (Å²) in [6, 6.07) is 12.6. The molecule has 3 heterocycles. The van der Waals surface area contributed by atoms with E-state index in [4.69, 9.17) is 15.0 Å². The smallest absolute Gasteiger partial charge is 0.256 e. The van der Waals surface area contributed by atoms with Crippen LogP contribution in [0, 0.1) is 27.7 Å². The van der Waals surface area contributed by atoms with Gasteiger partial charge in [0.25, 0.3) is 11.9 Å². The van der Waals surface area contributed by atoms with Crippen LogP contribution in [0.1, 0.15) is 62.3 Å². The Morgan fingerprint density at radius 2 is 1.17 bits per heavy atom. The second-order valence-corrected chi connectivity index (χ2v) is 9.18. The average Bonchev–Trinajstić information content (AvgIpc) is 3.38. The van der Waals surface area contributed by atoms with Gasteiger partial charge in [-0.25, -0.2) is 9.36 Å². The molecular weight excluding hydrogens is 436 g/mol. The van der Waals surface area contributed by atoms with E-state index in [1.54, 1.807) is 9.36 Å². The molecule has 0 unspecified atom stereocenters. The molecule has 0 radical (unpaired) electrons. The van der Waals surface area contributed by atoms with Crippen LogP contribution in [0.25, 0.3) is 23.3 Å². The Morgan fingerprint density at radius 3 is 1.57 bits per heavy atom. The quantitative estimate of drug-likeness (QED) is 0.301. The van der Waals surface area contributed by atoms with Crippen molar-refractivity contribution in [3.8, 4) is 23.3 Å². The maximum Gasteiger partial charge on any atom is 0.256 e. The Balaban J connectivity index is 1.75. The maximum atomic E-state index is 4.81. The van der Waals surface area contributed by atoms with Crippen LogP contribution in [0.4, 0.5) is 5.69 Å². The number of hydrogen-bond acceptors (Lipinski definition) is 6. The van der Waals surface area contributed by atoms with Crippen molar-refractivity contribution in [2.24, 2.45) is 0 Å². The molecule has 0 aliphatic heterocycles. The number of anilines is 1. The SMILES string of the molecule is CCCCN(CCCC)c1ccc(-c2nc(-n3nc(C)cc3C)nc(-n3nc(C)cc3C)n2)cc1. The highest BCUT2D eigenvalue weighted by molar-refractivity contribution is 5.61. The minimum atomic E-state index is 0.486. The van der Waals surface area contributed by atoms with E-state index >= 15 is 0 Å². The Kier molecular flexibility index (Phi) is 7.58. The van der Waals surface area contributed by atoms with Crippen LogP contribution < -0.4 is 4.90 Å². The third-order valence-electron chi connectivity index (χ3n) is 6.06. The molecule has 8 heteroatoms. The fourth-order valence-electron chi connectivity index (χ4n) is 4.22. The lowest BCUT2D eigenvalue weighted by atomic mass is 10.1. The van der Waals surface area contributed by atoms with Gasteiger partial charge in [0.05, 0.1) is 11.4 Å². The normalized spacial score (nSPS) is 11.3. The van der Waals surface area contributed by atoms with Gasteiger partial charge in [-0.3, -0.25) is 0 Å². The maximum absolute atomic E-state index is 4.81. The first-order chi connectivity index (χ1) is 16.9. The van der Waals surface area contributed by atoms with E-state index in [2.05, 4.69) is 53.2 Å². The van der Waals surface area contributed by atoms with Gasteiger partial charge in [0, 0.05) is 35.7 Å². The molecule has 0 aliphatic rings. The van der Waals surface area contributed by atoms with Crippen LogP contribution in [0.2, 0.25) is 0 Å². The lowest BCUT2D eigenvalue weighted by Crippen LogP contribution is -2.25. The van der Waals surface area contributed by atoms with Gasteiger partial charge in [-0.2, -0.15) is 25.1 Å². The van der Waals surface area contributed by atoms with Crippen molar-refractivity contribution in [2.75, 3.05) is 18.0 Å². The average molecular weight is 473 g/mol. The van der Waals surface area contributed by atoms with Crippen LogP contribution in [0.5, 0.6) is 0 Å².